The van der Waals surface area contributed by atoms with Crippen LogP contribution in [-0.4, -0.2) is 48.6 Å². The summed E-state index contributed by atoms with van der Waals surface area (Å²) in [5, 5.41) is 11.2. The van der Waals surface area contributed by atoms with Crippen LogP contribution in [0.25, 0.3) is 0 Å². The summed E-state index contributed by atoms with van der Waals surface area (Å²) >= 11 is 2.98. The number of nitrogens with one attached hydrogen (secondary N) is 1. The van der Waals surface area contributed by atoms with Crippen molar-refractivity contribution in [2.45, 2.75) is 17.4 Å². The summed E-state index contributed by atoms with van der Waals surface area (Å²) in [6, 6.07) is 0. The van der Waals surface area contributed by atoms with Crippen LogP contribution in [0.1, 0.15) is 0 Å². The van der Waals surface area contributed by atoms with Crippen molar-refractivity contribution in [3.8, 4) is 0 Å². The van der Waals surface area contributed by atoms with Gasteiger partial charge in [-0.25, -0.2) is 8.78 Å². The molecule has 0 spiro atoms. The number of esters is 1. The Labute approximate surface area is 88.7 Å². The number of methoxy groups -OCH3 is 1. The molecular formula is C7H12BrF2NO3. The number of ether oxygens (including phenoxy) is 1. The Balaban J connectivity index is 3.58. The number of hydrogen-bond acceptors (Lipinski definition) is 4. The van der Waals surface area contributed by atoms with E-state index in [2.05, 4.69) is 26.0 Å². The number of carbonyl (C=O) groups is 1. The van der Waals surface area contributed by atoms with Crippen molar-refractivity contribution in [3.05, 3.63) is 0 Å². The Hall–Kier alpha value is -0.270. The number of halogens is 3. The second-order valence-electron chi connectivity index (χ2n) is 2.55. The van der Waals surface area contributed by atoms with E-state index in [1.165, 1.54) is 7.11 Å². The lowest BCUT2D eigenvalue weighted by Crippen LogP contribution is -2.37. The van der Waals surface area contributed by atoms with Gasteiger partial charge in [0.2, 0.25) is 0 Å². The summed E-state index contributed by atoms with van der Waals surface area (Å²) in [5.74, 6) is -0.496. The van der Waals surface area contributed by atoms with Gasteiger partial charge in [0.25, 0.3) is 6.43 Å². The first-order chi connectivity index (χ1) is 6.49. The van der Waals surface area contributed by atoms with Crippen LogP contribution in [0.5, 0.6) is 0 Å². The topological polar surface area (TPSA) is 58.6 Å². The minimum atomic E-state index is -2.78. The van der Waals surface area contributed by atoms with E-state index >= 15 is 0 Å². The second kappa shape index (κ2) is 7.08. The van der Waals surface area contributed by atoms with Gasteiger partial charge in [-0.3, -0.25) is 4.79 Å². The summed E-state index contributed by atoms with van der Waals surface area (Å²) in [6.45, 7) is -0.146. The molecule has 0 aromatic heterocycles. The average Bonchev–Trinajstić information content (AvgIpc) is 2.15. The van der Waals surface area contributed by atoms with Crippen LogP contribution >= 0.6 is 15.9 Å². The van der Waals surface area contributed by atoms with Gasteiger partial charge in [0, 0.05) is 13.1 Å². The second-order valence-corrected chi connectivity index (χ2v) is 3.66. The van der Waals surface area contributed by atoms with Gasteiger partial charge in [-0.1, -0.05) is 15.9 Å². The molecule has 0 saturated heterocycles. The van der Waals surface area contributed by atoms with Gasteiger partial charge in [0.05, 0.1) is 7.11 Å². The molecule has 0 aromatic rings. The molecule has 0 rings (SSSR count). The zero-order valence-corrected chi connectivity index (χ0v) is 9.13. The fraction of sp³-hybridized carbons (Fsp3) is 0.857. The van der Waals surface area contributed by atoms with Crippen molar-refractivity contribution in [1.29, 1.82) is 0 Å². The maximum Gasteiger partial charge on any atom is 0.320 e. The van der Waals surface area contributed by atoms with E-state index in [0.717, 1.165) is 0 Å². The molecule has 0 heterocycles. The van der Waals surface area contributed by atoms with Crippen molar-refractivity contribution in [2.75, 3.05) is 20.2 Å². The van der Waals surface area contributed by atoms with E-state index in [-0.39, 0.29) is 13.1 Å². The van der Waals surface area contributed by atoms with Gasteiger partial charge in [0.1, 0.15) is 10.9 Å². The van der Waals surface area contributed by atoms with Crippen LogP contribution < -0.4 is 5.32 Å². The molecule has 0 aliphatic carbocycles. The standard InChI is InChI=1S/C7H12BrF2NO3/c1-14-7(13)4(8)2-11-3-5(12)6(9)10/h4-6,11-12H,2-3H2,1H3. The largest absolute Gasteiger partial charge is 0.468 e. The summed E-state index contributed by atoms with van der Waals surface area (Å²) in [5.41, 5.74) is 0. The molecule has 4 nitrogen and oxygen atoms in total. The summed E-state index contributed by atoms with van der Waals surface area (Å²) in [4.78, 5) is 10.2. The Morgan fingerprint density at radius 3 is 2.57 bits per heavy atom. The van der Waals surface area contributed by atoms with Crippen LogP contribution in [0, 0.1) is 0 Å². The molecule has 0 aliphatic heterocycles. The SMILES string of the molecule is COC(=O)C(Br)CNCC(O)C(F)F. The van der Waals surface area contributed by atoms with Crippen LogP contribution in [-0.2, 0) is 9.53 Å². The molecule has 2 atom stereocenters. The first-order valence-electron chi connectivity index (χ1n) is 3.87. The lowest BCUT2D eigenvalue weighted by atomic mass is 10.3. The molecule has 0 aliphatic rings. The Kier molecular flexibility index (Phi) is 6.94. The molecule has 0 amide bonds. The highest BCUT2D eigenvalue weighted by molar-refractivity contribution is 9.10. The van der Waals surface area contributed by atoms with E-state index < -0.39 is 23.3 Å². The summed E-state index contributed by atoms with van der Waals surface area (Å²) in [7, 11) is 1.23. The number of aliphatic hydroxyl groups is 1. The highest BCUT2D eigenvalue weighted by Gasteiger charge is 2.18. The van der Waals surface area contributed by atoms with Crippen molar-refractivity contribution in [1.82, 2.24) is 5.32 Å². The summed E-state index contributed by atoms with van der Waals surface area (Å²) < 4.78 is 27.9. The summed E-state index contributed by atoms with van der Waals surface area (Å²) in [6.07, 6.45) is -4.50. The Bertz CT molecular complexity index is 182. The lowest BCUT2D eigenvalue weighted by molar-refractivity contribution is -0.139. The maximum absolute atomic E-state index is 11.8. The smallest absolute Gasteiger partial charge is 0.320 e. The predicted octanol–water partition coefficient (Wildman–Crippen LogP) is 0.138. The van der Waals surface area contributed by atoms with Gasteiger partial charge < -0.3 is 15.2 Å². The first kappa shape index (κ1) is 13.7. The number of alkyl halides is 3. The minimum absolute atomic E-state index is 0.121. The quantitative estimate of drug-likeness (QED) is 0.535. The molecule has 14 heavy (non-hydrogen) atoms. The Morgan fingerprint density at radius 2 is 2.14 bits per heavy atom. The van der Waals surface area contributed by atoms with Gasteiger partial charge in [-0.2, -0.15) is 0 Å². The zero-order chi connectivity index (χ0) is 11.1. The van der Waals surface area contributed by atoms with E-state index in [0.29, 0.717) is 0 Å². The highest BCUT2D eigenvalue weighted by Crippen LogP contribution is 2.01. The van der Waals surface area contributed by atoms with E-state index in [9.17, 15) is 13.6 Å². The number of aliphatic hydroxyl groups excluding tert-OH is 1. The van der Waals surface area contributed by atoms with Crippen molar-refractivity contribution in [3.63, 3.8) is 0 Å². The van der Waals surface area contributed by atoms with Crippen LogP contribution in [0.3, 0.4) is 0 Å². The monoisotopic (exact) mass is 275 g/mol. The number of hydrogen-bond donors (Lipinski definition) is 2. The van der Waals surface area contributed by atoms with E-state index in [1.807, 2.05) is 0 Å². The van der Waals surface area contributed by atoms with Crippen LogP contribution in [0.4, 0.5) is 8.78 Å². The molecule has 0 aromatic carbocycles. The van der Waals surface area contributed by atoms with Gasteiger partial charge in [-0.15, -0.1) is 0 Å². The molecule has 7 heteroatoms. The first-order valence-corrected chi connectivity index (χ1v) is 4.79. The molecule has 0 saturated carbocycles. The number of rotatable bonds is 6. The van der Waals surface area contributed by atoms with Gasteiger partial charge in [-0.05, 0) is 0 Å². The van der Waals surface area contributed by atoms with Crippen LogP contribution in [0.2, 0.25) is 0 Å². The van der Waals surface area contributed by atoms with Crippen LogP contribution in [0.15, 0.2) is 0 Å². The molecule has 0 fully saturated rings. The van der Waals surface area contributed by atoms with Gasteiger partial charge >= 0.3 is 5.97 Å². The highest BCUT2D eigenvalue weighted by atomic mass is 79.9. The van der Waals surface area contributed by atoms with Crippen molar-refractivity contribution < 1.29 is 23.4 Å². The minimum Gasteiger partial charge on any atom is -0.468 e. The predicted molar refractivity (Wildman–Crippen MR) is 49.6 cm³/mol. The van der Waals surface area contributed by atoms with E-state index in [4.69, 9.17) is 5.11 Å². The molecule has 2 N–H and O–H groups in total. The fourth-order valence-electron chi connectivity index (χ4n) is 0.658. The zero-order valence-electron chi connectivity index (χ0n) is 7.54. The molecule has 0 bridgehead atoms. The Morgan fingerprint density at radius 1 is 1.57 bits per heavy atom. The fourth-order valence-corrected chi connectivity index (χ4v) is 1.07. The third-order valence-corrected chi connectivity index (χ3v) is 2.12. The maximum atomic E-state index is 11.8. The third-order valence-electron chi connectivity index (χ3n) is 1.42. The van der Waals surface area contributed by atoms with Gasteiger partial charge in [0.15, 0.2) is 0 Å². The third kappa shape index (κ3) is 5.46. The number of carbonyl (C=O) groups excluding carboxylic acids is 1. The lowest BCUT2D eigenvalue weighted by Gasteiger charge is -2.12. The van der Waals surface area contributed by atoms with Crippen molar-refractivity contribution >= 4 is 21.9 Å². The van der Waals surface area contributed by atoms with E-state index in [1.54, 1.807) is 0 Å². The molecule has 84 valence electrons. The molecule has 0 radical (unpaired) electrons. The average molecular weight is 276 g/mol. The molecular weight excluding hydrogens is 264 g/mol. The molecule has 2 unspecified atom stereocenters. The van der Waals surface area contributed by atoms with Crippen molar-refractivity contribution in [2.24, 2.45) is 0 Å². The normalized spacial score (nSPS) is 15.3.